The molecule has 5 heteroatoms. The number of rotatable bonds is 1. The molecule has 0 saturated heterocycles. The van der Waals surface area contributed by atoms with E-state index in [9.17, 15) is 0 Å². The molecule has 0 amide bonds. The first-order valence-electron chi connectivity index (χ1n) is 3.25. The fourth-order valence-corrected chi connectivity index (χ4v) is 0.810. The smallest absolute Gasteiger partial charge is 0.226 e. The van der Waals surface area contributed by atoms with Crippen LogP contribution in [0.2, 0.25) is 5.15 Å². The van der Waals surface area contributed by atoms with Crippen LogP contribution in [0.4, 0.5) is 5.95 Å². The van der Waals surface area contributed by atoms with Gasteiger partial charge in [0.15, 0.2) is 5.15 Å². The third kappa shape index (κ3) is 1.63. The van der Waals surface area contributed by atoms with Crippen LogP contribution in [-0.2, 0) is 0 Å². The van der Waals surface area contributed by atoms with Crippen LogP contribution in [0.15, 0.2) is 6.20 Å². The normalized spacial score (nSPS) is 9.17. The van der Waals surface area contributed by atoms with E-state index in [1.165, 1.54) is 6.20 Å². The molecule has 62 valence electrons. The summed E-state index contributed by atoms with van der Waals surface area (Å²) < 4.78 is 0. The van der Waals surface area contributed by atoms with E-state index in [0.717, 1.165) is 0 Å². The average molecular weight is 183 g/mol. The van der Waals surface area contributed by atoms with Gasteiger partial charge in [-0.3, -0.25) is 0 Å². The summed E-state index contributed by atoms with van der Waals surface area (Å²) in [6.45, 7) is 0. The van der Waals surface area contributed by atoms with E-state index in [0.29, 0.717) is 11.5 Å². The first-order valence-corrected chi connectivity index (χ1v) is 3.63. The van der Waals surface area contributed by atoms with Gasteiger partial charge in [-0.25, -0.2) is 4.98 Å². The Labute approximate surface area is 75.4 Å². The summed E-state index contributed by atoms with van der Waals surface area (Å²) in [5.41, 5.74) is 0.294. The second-order valence-corrected chi connectivity index (χ2v) is 2.74. The van der Waals surface area contributed by atoms with Crippen LogP contribution in [-0.4, -0.2) is 24.1 Å². The number of hydrogen-bond acceptors (Lipinski definition) is 4. The summed E-state index contributed by atoms with van der Waals surface area (Å²) in [7, 11) is 3.61. The molecule has 0 N–H and O–H groups in total. The first kappa shape index (κ1) is 8.75. The molecule has 0 fully saturated rings. The van der Waals surface area contributed by atoms with Gasteiger partial charge >= 0.3 is 0 Å². The highest BCUT2D eigenvalue weighted by Crippen LogP contribution is 2.13. The van der Waals surface area contributed by atoms with Gasteiger partial charge in [-0.15, -0.1) is 0 Å². The lowest BCUT2D eigenvalue weighted by Gasteiger charge is -2.08. The Morgan fingerprint density at radius 1 is 1.58 bits per heavy atom. The lowest BCUT2D eigenvalue weighted by molar-refractivity contribution is 0.995. The highest BCUT2D eigenvalue weighted by molar-refractivity contribution is 6.30. The van der Waals surface area contributed by atoms with Crippen molar-refractivity contribution in [3.8, 4) is 6.07 Å². The van der Waals surface area contributed by atoms with Gasteiger partial charge in [0, 0.05) is 14.1 Å². The average Bonchev–Trinajstić information content (AvgIpc) is 2.04. The van der Waals surface area contributed by atoms with Crippen molar-refractivity contribution in [1.82, 2.24) is 9.97 Å². The van der Waals surface area contributed by atoms with Crippen LogP contribution in [0, 0.1) is 11.3 Å². The maximum Gasteiger partial charge on any atom is 0.226 e. The van der Waals surface area contributed by atoms with Crippen LogP contribution in [0.1, 0.15) is 5.56 Å². The Kier molecular flexibility index (Phi) is 2.46. The zero-order valence-corrected chi connectivity index (χ0v) is 7.50. The maximum atomic E-state index is 8.52. The van der Waals surface area contributed by atoms with Crippen LogP contribution in [0.25, 0.3) is 0 Å². The predicted octanol–water partition coefficient (Wildman–Crippen LogP) is 1.07. The van der Waals surface area contributed by atoms with E-state index in [-0.39, 0.29) is 5.15 Å². The molecule has 0 aliphatic carbocycles. The Hall–Kier alpha value is -1.34. The molecule has 0 aromatic carbocycles. The zero-order chi connectivity index (χ0) is 9.14. The van der Waals surface area contributed by atoms with E-state index < -0.39 is 0 Å². The van der Waals surface area contributed by atoms with E-state index >= 15 is 0 Å². The van der Waals surface area contributed by atoms with Crippen molar-refractivity contribution < 1.29 is 0 Å². The Morgan fingerprint density at radius 3 is 2.67 bits per heavy atom. The minimum atomic E-state index is 0.191. The third-order valence-electron chi connectivity index (χ3n) is 1.25. The van der Waals surface area contributed by atoms with E-state index in [2.05, 4.69) is 9.97 Å². The molecule has 1 aromatic heterocycles. The Morgan fingerprint density at radius 2 is 2.25 bits per heavy atom. The number of hydrogen-bond donors (Lipinski definition) is 0. The van der Waals surface area contributed by atoms with Crippen LogP contribution < -0.4 is 4.90 Å². The maximum absolute atomic E-state index is 8.52. The van der Waals surface area contributed by atoms with Gasteiger partial charge in [-0.2, -0.15) is 10.2 Å². The molecule has 12 heavy (non-hydrogen) atoms. The molecule has 0 aliphatic rings. The predicted molar refractivity (Wildman–Crippen MR) is 46.1 cm³/mol. The van der Waals surface area contributed by atoms with E-state index in [1.54, 1.807) is 19.0 Å². The first-order chi connectivity index (χ1) is 5.65. The van der Waals surface area contributed by atoms with Crippen molar-refractivity contribution in [3.63, 3.8) is 0 Å². The molecule has 1 rings (SSSR count). The molecular weight excluding hydrogens is 176 g/mol. The molecule has 0 spiro atoms. The number of halogens is 1. The van der Waals surface area contributed by atoms with Crippen molar-refractivity contribution in [3.05, 3.63) is 16.9 Å². The third-order valence-corrected chi connectivity index (χ3v) is 1.54. The van der Waals surface area contributed by atoms with Crippen molar-refractivity contribution in [2.75, 3.05) is 19.0 Å². The Bertz CT molecular complexity index is 329. The molecule has 0 aliphatic heterocycles. The SMILES string of the molecule is CN(C)c1ncc(C#N)c(Cl)n1. The second kappa shape index (κ2) is 3.37. The molecule has 1 heterocycles. The van der Waals surface area contributed by atoms with Crippen LogP contribution in [0.3, 0.4) is 0 Å². The highest BCUT2D eigenvalue weighted by atomic mass is 35.5. The van der Waals surface area contributed by atoms with Gasteiger partial charge in [-0.1, -0.05) is 11.6 Å². The molecule has 0 saturated carbocycles. The van der Waals surface area contributed by atoms with Gasteiger partial charge in [0.25, 0.3) is 0 Å². The van der Waals surface area contributed by atoms with E-state index in [4.69, 9.17) is 16.9 Å². The topological polar surface area (TPSA) is 52.8 Å². The summed E-state index contributed by atoms with van der Waals surface area (Å²) >= 11 is 5.67. The Balaban J connectivity index is 3.12. The lowest BCUT2D eigenvalue weighted by Crippen LogP contribution is -2.12. The molecular formula is C7H7ClN4. The molecule has 0 atom stereocenters. The molecule has 1 aromatic rings. The molecule has 0 bridgehead atoms. The summed E-state index contributed by atoms with van der Waals surface area (Å²) in [6.07, 6.45) is 1.41. The van der Waals surface area contributed by atoms with Crippen molar-refractivity contribution in [2.24, 2.45) is 0 Å². The number of anilines is 1. The van der Waals surface area contributed by atoms with Crippen molar-refractivity contribution in [2.45, 2.75) is 0 Å². The standard InChI is InChI=1S/C7H7ClN4/c1-12(2)7-10-4-5(3-9)6(8)11-7/h4H,1-2H3. The summed E-state index contributed by atoms with van der Waals surface area (Å²) in [5.74, 6) is 0.499. The second-order valence-electron chi connectivity index (χ2n) is 2.38. The van der Waals surface area contributed by atoms with Gasteiger partial charge in [0.2, 0.25) is 5.95 Å². The summed E-state index contributed by atoms with van der Waals surface area (Å²) in [4.78, 5) is 9.53. The van der Waals surface area contributed by atoms with Gasteiger partial charge in [0.1, 0.15) is 11.6 Å². The lowest BCUT2D eigenvalue weighted by atomic mass is 10.4. The van der Waals surface area contributed by atoms with Crippen molar-refractivity contribution in [1.29, 1.82) is 5.26 Å². The number of nitrogens with zero attached hydrogens (tertiary/aromatic N) is 4. The minimum Gasteiger partial charge on any atom is -0.347 e. The van der Waals surface area contributed by atoms with Gasteiger partial charge < -0.3 is 4.90 Å². The highest BCUT2D eigenvalue weighted by Gasteiger charge is 2.04. The summed E-state index contributed by atoms with van der Waals surface area (Å²) in [5, 5.41) is 8.71. The molecule has 0 unspecified atom stereocenters. The monoisotopic (exact) mass is 182 g/mol. The van der Waals surface area contributed by atoms with Gasteiger partial charge in [0.05, 0.1) is 6.20 Å². The zero-order valence-electron chi connectivity index (χ0n) is 6.74. The van der Waals surface area contributed by atoms with Crippen molar-refractivity contribution >= 4 is 17.5 Å². The van der Waals surface area contributed by atoms with E-state index in [1.807, 2.05) is 6.07 Å². The van der Waals surface area contributed by atoms with Crippen LogP contribution >= 0.6 is 11.6 Å². The van der Waals surface area contributed by atoms with Crippen LogP contribution in [0.5, 0.6) is 0 Å². The molecule has 0 radical (unpaired) electrons. The fourth-order valence-electron chi connectivity index (χ4n) is 0.643. The molecule has 4 nitrogen and oxygen atoms in total. The number of nitriles is 1. The number of aromatic nitrogens is 2. The van der Waals surface area contributed by atoms with Gasteiger partial charge in [-0.05, 0) is 0 Å². The fraction of sp³-hybridized carbons (Fsp3) is 0.286. The minimum absolute atomic E-state index is 0.191. The quantitative estimate of drug-likeness (QED) is 0.610. The summed E-state index contributed by atoms with van der Waals surface area (Å²) in [6, 6.07) is 1.89. The largest absolute Gasteiger partial charge is 0.347 e.